The van der Waals surface area contributed by atoms with Gasteiger partial charge in [-0.15, -0.1) is 0 Å². The number of ether oxygens (including phenoxy) is 3. The molecule has 1 aromatic rings. The summed E-state index contributed by atoms with van der Waals surface area (Å²) in [5, 5.41) is 37.8. The second kappa shape index (κ2) is 17.5. The second-order valence-corrected chi connectivity index (χ2v) is 10.7. The standard InChI is InChI=1S/C31H45N3O8.CH4/c1-8-12-33-26-21-13-17(2)14-25(41-7)27(36)19(4)15-20(5)29(42-31(32)39)24(40-6)11-9-10-18(3)30(38)34-22(28(21)37)16-23(26)35;/h8-11,15-17,19,24-25,27,29,33,35-37H,1,12-14H2,2-7H3,(H2,32,39)(H,34,38);1H4/p+1/b11-9-,18-10+,20-15+;/t17-,19+,24+,25+,27-,29+;/m1./s1. The molecule has 1 aromatic carbocycles. The van der Waals surface area contributed by atoms with Gasteiger partial charge in [0.1, 0.15) is 11.9 Å². The Kier molecular flexibility index (Phi) is 15.2. The minimum absolute atomic E-state index is 0. The van der Waals surface area contributed by atoms with Crippen molar-refractivity contribution in [1.82, 2.24) is 0 Å². The number of nitrogens with one attached hydrogen (secondary N) is 1. The van der Waals surface area contributed by atoms with Crippen molar-refractivity contribution in [3.63, 3.8) is 0 Å². The Morgan fingerprint density at radius 2 is 1.91 bits per heavy atom. The molecule has 8 N–H and O–H groups in total. The van der Waals surface area contributed by atoms with Crippen molar-refractivity contribution in [2.45, 2.75) is 72.4 Å². The van der Waals surface area contributed by atoms with E-state index in [0.717, 1.165) is 0 Å². The highest BCUT2D eigenvalue weighted by atomic mass is 16.6. The molecular weight excluding hydrogens is 554 g/mol. The number of hydrogen-bond donors (Lipinski definition) is 6. The maximum absolute atomic E-state index is 13.0. The number of allylic oxidation sites excluding steroid dienone is 2. The van der Waals surface area contributed by atoms with E-state index in [9.17, 15) is 24.9 Å². The second-order valence-electron chi connectivity index (χ2n) is 10.7. The highest BCUT2D eigenvalue weighted by Gasteiger charge is 2.30. The van der Waals surface area contributed by atoms with Crippen LogP contribution in [-0.4, -0.2) is 72.5 Å². The molecule has 0 saturated carbocycles. The zero-order chi connectivity index (χ0) is 31.6. The molecule has 2 bridgehead atoms. The first kappa shape index (κ1) is 37.4. The molecule has 0 aromatic heterocycles. The van der Waals surface area contributed by atoms with Crippen LogP contribution >= 0.6 is 0 Å². The Hall–Kier alpha value is -3.64. The summed E-state index contributed by atoms with van der Waals surface area (Å²) in [6.45, 7) is 11.3. The number of quaternary nitrogens is 1. The summed E-state index contributed by atoms with van der Waals surface area (Å²) < 4.78 is 16.6. The number of aliphatic hydroxyl groups excluding tert-OH is 1. The van der Waals surface area contributed by atoms with E-state index in [-0.39, 0.29) is 30.5 Å². The van der Waals surface area contributed by atoms with Gasteiger partial charge >= 0.3 is 6.09 Å². The van der Waals surface area contributed by atoms with Gasteiger partial charge in [0.05, 0.1) is 30.0 Å². The zero-order valence-corrected chi connectivity index (χ0v) is 25.3. The molecule has 0 aliphatic carbocycles. The van der Waals surface area contributed by atoms with E-state index < -0.39 is 42.3 Å². The molecule has 2 rings (SSSR count). The Labute approximate surface area is 255 Å². The Balaban J connectivity index is 0.00000924. The van der Waals surface area contributed by atoms with E-state index in [1.54, 1.807) is 43.5 Å². The van der Waals surface area contributed by atoms with Crippen molar-refractivity contribution in [1.29, 1.82) is 0 Å². The van der Waals surface area contributed by atoms with Gasteiger partial charge in [-0.3, -0.25) is 4.79 Å². The number of anilines is 1. The number of phenolic OH excluding ortho intramolecular Hbond substituents is 2. The quantitative estimate of drug-likeness (QED) is 0.124. The van der Waals surface area contributed by atoms with Gasteiger partial charge in [0.25, 0.3) is 5.91 Å². The number of rotatable bonds is 6. The van der Waals surface area contributed by atoms with Crippen LogP contribution in [0.2, 0.25) is 0 Å². The van der Waals surface area contributed by atoms with Crippen LogP contribution in [0, 0.1) is 11.8 Å². The first-order chi connectivity index (χ1) is 19.8. The van der Waals surface area contributed by atoms with Crippen molar-refractivity contribution >= 4 is 23.4 Å². The number of aliphatic hydroxyl groups is 1. The number of fused-ring (bicyclic) bond motifs is 2. The van der Waals surface area contributed by atoms with E-state index in [4.69, 9.17) is 19.9 Å². The zero-order valence-electron chi connectivity index (χ0n) is 25.3. The average Bonchev–Trinajstić information content (AvgIpc) is 2.94. The molecule has 0 unspecified atom stereocenters. The largest absolute Gasteiger partial charge is 0.505 e. The number of methoxy groups -OCH3 is 2. The van der Waals surface area contributed by atoms with Crippen LogP contribution in [0.3, 0.4) is 0 Å². The number of benzene rings is 1. The smallest absolute Gasteiger partial charge is 0.405 e. The number of carbonyl (C=O) groups excluding carboxylic acids is 2. The average molecular weight is 605 g/mol. The number of carbonyl (C=O) groups is 2. The molecule has 6 atom stereocenters. The summed E-state index contributed by atoms with van der Waals surface area (Å²) in [4.78, 5) is 24.7. The first-order valence-corrected chi connectivity index (χ1v) is 13.9. The number of phenols is 2. The summed E-state index contributed by atoms with van der Waals surface area (Å²) >= 11 is 0. The lowest BCUT2D eigenvalue weighted by molar-refractivity contribution is -0.562. The van der Waals surface area contributed by atoms with E-state index in [1.807, 2.05) is 13.8 Å². The molecule has 11 heteroatoms. The van der Waals surface area contributed by atoms with Gasteiger partial charge in [0.15, 0.2) is 17.5 Å². The molecule has 43 heavy (non-hydrogen) atoms. The molecule has 0 spiro atoms. The van der Waals surface area contributed by atoms with Crippen LogP contribution in [-0.2, 0) is 25.4 Å². The highest BCUT2D eigenvalue weighted by molar-refractivity contribution is 6.04. The van der Waals surface area contributed by atoms with Crippen molar-refractivity contribution in [3.05, 3.63) is 59.7 Å². The van der Waals surface area contributed by atoms with Crippen molar-refractivity contribution in [3.8, 4) is 11.5 Å². The number of aromatic hydroxyl groups is 2. The fraction of sp³-hybridized carbons (Fsp3) is 0.500. The SMILES string of the molecule is C.C=CC[NH2+]c1c(O)cc2c(O)c1C[C@@H](C)C[C@H](OC)[C@H](O)[C@@H](C)/C=C(\C)[C@H](OC(N)=O)[C@@H](OC)/C=C\C=C(/C)C(=O)N2. The summed E-state index contributed by atoms with van der Waals surface area (Å²) in [5.74, 6) is -1.28. The third-order valence-electron chi connectivity index (χ3n) is 7.36. The third-order valence-corrected chi connectivity index (χ3v) is 7.36. The number of primary amides is 1. The molecule has 1 heterocycles. The van der Waals surface area contributed by atoms with Gasteiger partial charge in [0, 0.05) is 31.8 Å². The summed E-state index contributed by atoms with van der Waals surface area (Å²) in [5.41, 5.74) is 7.23. The van der Waals surface area contributed by atoms with E-state index in [1.165, 1.54) is 26.4 Å². The fourth-order valence-electron chi connectivity index (χ4n) is 5.06. The van der Waals surface area contributed by atoms with Gasteiger partial charge in [-0.1, -0.05) is 52.2 Å². The molecule has 1 aliphatic heterocycles. The van der Waals surface area contributed by atoms with Crippen LogP contribution in [0.5, 0.6) is 11.5 Å². The number of hydrogen-bond acceptors (Lipinski definition) is 8. The van der Waals surface area contributed by atoms with Crippen molar-refractivity contribution < 1.29 is 44.4 Å². The van der Waals surface area contributed by atoms with E-state index in [2.05, 4.69) is 11.9 Å². The fourth-order valence-corrected chi connectivity index (χ4v) is 5.06. The Morgan fingerprint density at radius 3 is 2.49 bits per heavy atom. The topological polar surface area (TPSA) is 177 Å². The van der Waals surface area contributed by atoms with Gasteiger partial charge < -0.3 is 45.9 Å². The number of nitrogens with two attached hydrogens (primary N) is 2. The van der Waals surface area contributed by atoms with Crippen LogP contribution in [0.1, 0.15) is 47.1 Å². The molecule has 0 saturated heterocycles. The van der Waals surface area contributed by atoms with Gasteiger partial charge in [-0.2, -0.15) is 0 Å². The summed E-state index contributed by atoms with van der Waals surface area (Å²) in [6.07, 6.45) is 4.79. The molecule has 0 fully saturated rings. The predicted molar refractivity (Wildman–Crippen MR) is 167 cm³/mol. The van der Waals surface area contributed by atoms with Crippen molar-refractivity contribution in [2.75, 3.05) is 26.1 Å². The lowest BCUT2D eigenvalue weighted by Gasteiger charge is -2.29. The lowest BCUT2D eigenvalue weighted by atomic mass is 9.87. The molecule has 1 aliphatic rings. The highest BCUT2D eigenvalue weighted by Crippen LogP contribution is 2.40. The Morgan fingerprint density at radius 1 is 1.23 bits per heavy atom. The third kappa shape index (κ3) is 10.2. The number of amides is 2. The first-order valence-electron chi connectivity index (χ1n) is 13.9. The Bertz CT molecular complexity index is 1210. The maximum atomic E-state index is 13.0. The van der Waals surface area contributed by atoms with E-state index in [0.29, 0.717) is 41.8 Å². The molecule has 2 amide bonds. The van der Waals surface area contributed by atoms with Crippen LogP contribution in [0.25, 0.3) is 0 Å². The van der Waals surface area contributed by atoms with Gasteiger partial charge in [0.2, 0.25) is 0 Å². The molecular formula is C32H50N3O8+. The normalized spacial score (nSPS) is 28.7. The van der Waals surface area contributed by atoms with E-state index >= 15 is 0 Å². The van der Waals surface area contributed by atoms with Gasteiger partial charge in [-0.05, 0) is 44.3 Å². The predicted octanol–water partition coefficient (Wildman–Crippen LogP) is 3.58. The maximum Gasteiger partial charge on any atom is 0.405 e. The molecule has 0 radical (unpaired) electrons. The molecule has 240 valence electrons. The monoisotopic (exact) mass is 604 g/mol. The minimum atomic E-state index is -0.987. The summed E-state index contributed by atoms with van der Waals surface area (Å²) in [7, 11) is 2.96. The lowest BCUT2D eigenvalue weighted by Crippen LogP contribution is -2.78. The minimum Gasteiger partial charge on any atom is -0.505 e. The van der Waals surface area contributed by atoms with Crippen LogP contribution in [0.15, 0.2) is 54.2 Å². The van der Waals surface area contributed by atoms with Crippen LogP contribution in [0.4, 0.5) is 16.2 Å². The van der Waals surface area contributed by atoms with Crippen LogP contribution < -0.4 is 16.4 Å². The van der Waals surface area contributed by atoms with Gasteiger partial charge in [-0.25, -0.2) is 4.79 Å². The molecule has 11 nitrogen and oxygen atoms in total. The van der Waals surface area contributed by atoms with Crippen molar-refractivity contribution in [2.24, 2.45) is 17.6 Å². The summed E-state index contributed by atoms with van der Waals surface area (Å²) in [6, 6.07) is 1.31.